The Morgan fingerprint density at radius 1 is 1.20 bits per heavy atom. The zero-order valence-corrected chi connectivity index (χ0v) is 34.8. The first-order valence-corrected chi connectivity index (χ1v) is 21.5. The fourth-order valence-corrected chi connectivity index (χ4v) is 10.8. The minimum atomic E-state index is -0.428. The number of carbonyl (C=O) groups excluding carboxylic acids is 1. The van der Waals surface area contributed by atoms with Gasteiger partial charge in [0.05, 0.1) is 47.1 Å². The van der Waals surface area contributed by atoms with Crippen LogP contribution < -0.4 is 36.0 Å². The summed E-state index contributed by atoms with van der Waals surface area (Å²) in [4.78, 5) is 27.3. The number of hydrogen-bond acceptors (Lipinski definition) is 13. The van der Waals surface area contributed by atoms with E-state index in [9.17, 15) is 4.79 Å². The molecule has 318 valence electrons. The Morgan fingerprint density at radius 2 is 2.02 bits per heavy atom. The van der Waals surface area contributed by atoms with Gasteiger partial charge in [0.15, 0.2) is 11.5 Å². The molecule has 5 fully saturated rings. The number of aromatic amines is 1. The summed E-state index contributed by atoms with van der Waals surface area (Å²) in [6, 6.07) is 9.85. The van der Waals surface area contributed by atoms with E-state index >= 15 is 4.39 Å². The predicted octanol–water partition coefficient (Wildman–Crippen LogP) is 5.17. The molecule has 4 unspecified atom stereocenters. The number of nitrogens with two attached hydrogens (primary N) is 2. The van der Waals surface area contributed by atoms with Crippen LogP contribution in [0.15, 0.2) is 42.7 Å². The number of benzene rings is 3. The van der Waals surface area contributed by atoms with Crippen LogP contribution >= 0.6 is 11.6 Å². The number of nitrogens with one attached hydrogen (secondary N) is 2. The van der Waals surface area contributed by atoms with Crippen LogP contribution in [0.2, 0.25) is 5.02 Å². The minimum Gasteiger partial charge on any atom is -0.489 e. The average Bonchev–Trinajstić information content (AvgIpc) is 4.02. The zero-order valence-electron chi connectivity index (χ0n) is 34.0. The van der Waals surface area contributed by atoms with Crippen molar-refractivity contribution in [1.29, 1.82) is 0 Å². The van der Waals surface area contributed by atoms with Crippen LogP contribution in [0.3, 0.4) is 0 Å². The normalized spacial score (nSPS) is 23.9. The number of likely N-dealkylation sites (tertiary alicyclic amines) is 1. The molecule has 3 aromatic carbocycles. The van der Waals surface area contributed by atoms with Crippen LogP contribution in [0.4, 0.5) is 10.2 Å². The van der Waals surface area contributed by atoms with Crippen LogP contribution in [0.5, 0.6) is 17.5 Å². The second-order valence-electron chi connectivity index (χ2n) is 17.7. The van der Waals surface area contributed by atoms with Gasteiger partial charge in [-0.1, -0.05) is 35.9 Å². The Hall–Kier alpha value is -5.42. The molecule has 1 saturated carbocycles. The maximum Gasteiger partial charge on any atom is 0.319 e. The SMILES string of the molecule is Cc1c(F)cc2[nH]ncc2c1-c1c(Cl)c2c3c(nc(OC4CC5(COC5)C4)nc3c1OCc1ccc(/C(N)=C/N(N)CC(=O)N3CCCC3C)cc1)N1C3CNC(C3)C1CO2. The highest BCUT2D eigenvalue weighted by molar-refractivity contribution is 6.38. The fourth-order valence-electron chi connectivity index (χ4n) is 10.4. The van der Waals surface area contributed by atoms with E-state index in [4.69, 9.17) is 52.1 Å². The number of fused-ring (bicyclic) bond motifs is 7. The van der Waals surface area contributed by atoms with Gasteiger partial charge in [0.2, 0.25) is 5.91 Å². The van der Waals surface area contributed by atoms with Gasteiger partial charge >= 0.3 is 6.01 Å². The first kappa shape index (κ1) is 38.5. The molecule has 1 amide bonds. The molecular formula is C44H48ClFN10O5. The molecule has 61 heavy (non-hydrogen) atoms. The predicted molar refractivity (Wildman–Crippen MR) is 227 cm³/mol. The number of nitrogens with zero attached hydrogens (tertiary/aromatic N) is 6. The fraction of sp³-hybridized carbons (Fsp3) is 0.455. The third-order valence-corrected chi connectivity index (χ3v) is 14.1. The lowest BCUT2D eigenvalue weighted by Crippen LogP contribution is -2.56. The smallest absolute Gasteiger partial charge is 0.319 e. The van der Waals surface area contributed by atoms with Crippen molar-refractivity contribution in [2.75, 3.05) is 44.4 Å². The Morgan fingerprint density at radius 3 is 2.77 bits per heavy atom. The molecule has 15 nitrogen and oxygen atoms in total. The molecular weight excluding hydrogens is 803 g/mol. The first-order valence-electron chi connectivity index (χ1n) is 21.1. The Kier molecular flexibility index (Phi) is 9.22. The Bertz CT molecular complexity index is 2610. The molecule has 2 aromatic heterocycles. The number of hydrogen-bond donors (Lipinski definition) is 4. The summed E-state index contributed by atoms with van der Waals surface area (Å²) in [5.74, 6) is 7.22. The molecule has 5 aliphatic heterocycles. The number of rotatable bonds is 10. The van der Waals surface area contributed by atoms with Crippen LogP contribution in [-0.2, 0) is 16.1 Å². The van der Waals surface area contributed by atoms with E-state index in [2.05, 4.69) is 27.3 Å². The maximum atomic E-state index is 15.9. The molecule has 6 N–H and O–H groups in total. The number of anilines is 1. The van der Waals surface area contributed by atoms with E-state index in [0.717, 1.165) is 69.5 Å². The molecule has 5 aromatic rings. The summed E-state index contributed by atoms with van der Waals surface area (Å²) in [7, 11) is 0. The minimum absolute atomic E-state index is 0.00261. The highest BCUT2D eigenvalue weighted by atomic mass is 35.5. The monoisotopic (exact) mass is 850 g/mol. The van der Waals surface area contributed by atoms with Crippen LogP contribution in [0.1, 0.15) is 55.7 Å². The van der Waals surface area contributed by atoms with Crippen molar-refractivity contribution < 1.29 is 28.1 Å². The van der Waals surface area contributed by atoms with Gasteiger partial charge in [0.1, 0.15) is 43.0 Å². The average molecular weight is 851 g/mol. The molecule has 6 aliphatic rings. The molecule has 7 heterocycles. The van der Waals surface area contributed by atoms with E-state index in [-0.39, 0.29) is 65.8 Å². The van der Waals surface area contributed by atoms with E-state index in [1.165, 1.54) is 11.1 Å². The van der Waals surface area contributed by atoms with Crippen molar-refractivity contribution in [3.63, 3.8) is 0 Å². The summed E-state index contributed by atoms with van der Waals surface area (Å²) in [6.45, 7) is 7.30. The van der Waals surface area contributed by atoms with Crippen LogP contribution in [-0.4, -0.2) is 106 Å². The van der Waals surface area contributed by atoms with Gasteiger partial charge in [-0.15, -0.1) is 0 Å². The number of carbonyl (C=O) groups is 1. The molecule has 1 aliphatic carbocycles. The number of aromatic nitrogens is 4. The lowest BCUT2D eigenvalue weighted by Gasteiger charge is -2.52. The number of halogens is 2. The van der Waals surface area contributed by atoms with Gasteiger partial charge in [-0.3, -0.25) is 9.89 Å². The highest BCUT2D eigenvalue weighted by Gasteiger charge is 2.52. The number of piperazine rings is 1. The van der Waals surface area contributed by atoms with Gasteiger partial charge in [-0.05, 0) is 68.7 Å². The maximum absolute atomic E-state index is 15.9. The second-order valence-corrected chi connectivity index (χ2v) is 18.1. The molecule has 2 bridgehead atoms. The van der Waals surface area contributed by atoms with E-state index in [1.807, 2.05) is 29.2 Å². The third kappa shape index (κ3) is 6.40. The van der Waals surface area contributed by atoms with Gasteiger partial charge in [0, 0.05) is 59.3 Å². The highest BCUT2D eigenvalue weighted by Crippen LogP contribution is 2.56. The number of ether oxygens (including phenoxy) is 4. The Labute approximate surface area is 356 Å². The lowest BCUT2D eigenvalue weighted by molar-refractivity contribution is -0.192. The summed E-state index contributed by atoms with van der Waals surface area (Å²) in [5, 5.41) is 13.7. The van der Waals surface area contributed by atoms with Crippen molar-refractivity contribution in [2.24, 2.45) is 17.0 Å². The van der Waals surface area contributed by atoms with Crippen LogP contribution in [0, 0.1) is 18.2 Å². The molecule has 1 spiro atoms. The molecule has 11 rings (SSSR count). The van der Waals surface area contributed by atoms with Crippen molar-refractivity contribution in [2.45, 2.75) is 82.8 Å². The largest absolute Gasteiger partial charge is 0.489 e. The summed E-state index contributed by atoms with van der Waals surface area (Å²) < 4.78 is 41.6. The molecule has 17 heteroatoms. The topological polar surface area (TPSA) is 182 Å². The van der Waals surface area contributed by atoms with Crippen molar-refractivity contribution >= 4 is 50.8 Å². The van der Waals surface area contributed by atoms with Crippen LogP contribution in [0.25, 0.3) is 38.6 Å². The van der Waals surface area contributed by atoms with Gasteiger partial charge in [-0.25, -0.2) is 10.2 Å². The summed E-state index contributed by atoms with van der Waals surface area (Å²) >= 11 is 7.56. The standard InChI is InChI=1S/C44H48ClFN10O5/c1-22-4-3-9-55(22)34(57)17-54(48)16-30(47)25-7-5-24(6-8-25)18-59-41-36(35-23(2)29(46)11-31-28(35)15-50-53-31)38(45)40-37-39(41)51-43(61-27-12-44(13-27)20-58-21-44)52-42(37)56-26-10-32(49-14-26)33(56)19-60-40/h5-8,11,15-16,22,26-27,32-33,49H,3-4,9-10,12-14,17-21,47-48H2,1-2H3,(H,50,53)/b30-16-. The lowest BCUT2D eigenvalue weighted by atomic mass is 9.65. The van der Waals surface area contributed by atoms with Crippen molar-refractivity contribution in [1.82, 2.24) is 35.4 Å². The molecule has 0 radical (unpaired) electrons. The summed E-state index contributed by atoms with van der Waals surface area (Å²) in [6.07, 6.45) is 7.86. The van der Waals surface area contributed by atoms with E-state index in [1.54, 1.807) is 19.3 Å². The van der Waals surface area contributed by atoms with E-state index < -0.39 is 5.82 Å². The van der Waals surface area contributed by atoms with Crippen molar-refractivity contribution in [3.05, 3.63) is 70.3 Å². The van der Waals surface area contributed by atoms with Gasteiger partial charge in [-0.2, -0.15) is 15.1 Å². The first-order chi connectivity index (χ1) is 29.5. The van der Waals surface area contributed by atoms with Crippen molar-refractivity contribution in [3.8, 4) is 28.6 Å². The molecule has 4 saturated heterocycles. The second kappa shape index (κ2) is 14.6. The zero-order chi connectivity index (χ0) is 41.7. The molecule has 4 atom stereocenters. The third-order valence-electron chi connectivity index (χ3n) is 13.7. The summed E-state index contributed by atoms with van der Waals surface area (Å²) in [5.41, 5.74) is 10.9. The number of amides is 1. The Balaban J connectivity index is 0.991. The number of H-pyrrole nitrogens is 1. The number of hydrazine groups is 1. The van der Waals surface area contributed by atoms with Gasteiger partial charge in [0.25, 0.3) is 0 Å². The van der Waals surface area contributed by atoms with E-state index in [0.29, 0.717) is 68.1 Å². The quantitative estimate of drug-likeness (QED) is 0.107. The van der Waals surface area contributed by atoms with Gasteiger partial charge < -0.3 is 44.8 Å².